The van der Waals surface area contributed by atoms with E-state index in [0.717, 1.165) is 40.2 Å². The predicted octanol–water partition coefficient (Wildman–Crippen LogP) is 7.71. The number of hydrogen-bond acceptors (Lipinski definition) is 3. The van der Waals surface area contributed by atoms with Crippen LogP contribution in [0, 0.1) is 6.92 Å². The van der Waals surface area contributed by atoms with Crippen LogP contribution in [0.2, 0.25) is 0 Å². The molecule has 4 nitrogen and oxygen atoms in total. The smallest absolute Gasteiger partial charge is 0.341 e. The van der Waals surface area contributed by atoms with Crippen molar-refractivity contribution in [2.24, 2.45) is 4.99 Å². The van der Waals surface area contributed by atoms with E-state index in [1.165, 1.54) is 0 Å². The summed E-state index contributed by atoms with van der Waals surface area (Å²) in [6, 6.07) is 6.01. The Morgan fingerprint density at radius 1 is 1.21 bits per heavy atom. The lowest BCUT2D eigenvalue weighted by atomic mass is 10.1. The molecule has 0 bridgehead atoms. The highest BCUT2D eigenvalue weighted by molar-refractivity contribution is 5.96. The Balaban J connectivity index is 2.16. The standard InChI is InChI=1S/C26H33F3N4/c1-7-22-15-24(11-12-25(22)33-16-20(5)30-17-33)32-21(6)31-23(14-19(4)18(2)3)10-8-9-13-26(27,28)29/h11-12,14-17,32H,2,6-10,13H2,1,3-5H3/b19-14+,31-23?. The first-order valence-corrected chi connectivity index (χ1v) is 11.1. The number of rotatable bonds is 11. The number of halogens is 3. The SMILES string of the molecule is C=C(N=C(/C=C(\C)C(=C)C)CCCCC(F)(F)F)Nc1ccc(-n2cnc(C)c2)c(CC)c1. The summed E-state index contributed by atoms with van der Waals surface area (Å²) in [7, 11) is 0. The number of allylic oxidation sites excluding steroid dienone is 3. The van der Waals surface area contributed by atoms with Gasteiger partial charge in [-0.2, -0.15) is 13.2 Å². The van der Waals surface area contributed by atoms with E-state index in [2.05, 4.69) is 35.4 Å². The highest BCUT2D eigenvalue weighted by atomic mass is 19.4. The van der Waals surface area contributed by atoms with E-state index in [1.807, 2.05) is 55.8 Å². The Bertz CT molecular complexity index is 1040. The molecule has 0 saturated heterocycles. The van der Waals surface area contributed by atoms with Crippen molar-refractivity contribution in [1.29, 1.82) is 0 Å². The van der Waals surface area contributed by atoms with E-state index in [0.29, 0.717) is 24.4 Å². The van der Waals surface area contributed by atoms with Crippen molar-refractivity contribution in [2.45, 2.75) is 66.0 Å². The molecule has 7 heteroatoms. The number of imidazole rings is 1. The molecular weight excluding hydrogens is 425 g/mol. The molecule has 1 aromatic heterocycles. The van der Waals surface area contributed by atoms with Crippen LogP contribution in [0.5, 0.6) is 0 Å². The molecule has 0 amide bonds. The van der Waals surface area contributed by atoms with Gasteiger partial charge in [-0.15, -0.1) is 0 Å². The van der Waals surface area contributed by atoms with Crippen molar-refractivity contribution in [1.82, 2.24) is 9.55 Å². The molecule has 0 aliphatic heterocycles. The van der Waals surface area contributed by atoms with Crippen LogP contribution in [-0.4, -0.2) is 21.4 Å². The van der Waals surface area contributed by atoms with Gasteiger partial charge in [0.05, 0.1) is 12.0 Å². The number of alkyl halides is 3. The number of benzene rings is 1. The van der Waals surface area contributed by atoms with Gasteiger partial charge in [-0.25, -0.2) is 9.98 Å². The van der Waals surface area contributed by atoms with Crippen molar-refractivity contribution in [3.8, 4) is 5.69 Å². The summed E-state index contributed by atoms with van der Waals surface area (Å²) in [6.07, 6.45) is 2.44. The predicted molar refractivity (Wildman–Crippen MR) is 131 cm³/mol. The van der Waals surface area contributed by atoms with Gasteiger partial charge in [0.25, 0.3) is 0 Å². The molecule has 0 aliphatic rings. The number of nitrogens with one attached hydrogen (secondary N) is 1. The van der Waals surface area contributed by atoms with E-state index < -0.39 is 12.6 Å². The third-order valence-electron chi connectivity index (χ3n) is 5.22. The maximum absolute atomic E-state index is 12.5. The second-order valence-corrected chi connectivity index (χ2v) is 8.22. The van der Waals surface area contributed by atoms with Gasteiger partial charge in [0, 0.05) is 29.7 Å². The second-order valence-electron chi connectivity index (χ2n) is 8.22. The van der Waals surface area contributed by atoms with Crippen LogP contribution in [0.25, 0.3) is 5.69 Å². The number of unbranched alkanes of at least 4 members (excludes halogenated alkanes) is 1. The zero-order valence-electron chi connectivity index (χ0n) is 19.9. The third-order valence-corrected chi connectivity index (χ3v) is 5.22. The molecule has 2 aromatic rings. The fourth-order valence-electron chi connectivity index (χ4n) is 3.28. The Morgan fingerprint density at radius 2 is 1.94 bits per heavy atom. The number of anilines is 1. The summed E-state index contributed by atoms with van der Waals surface area (Å²) in [5.74, 6) is 0.430. The van der Waals surface area contributed by atoms with Crippen LogP contribution in [0.15, 0.2) is 71.9 Å². The van der Waals surface area contributed by atoms with Gasteiger partial charge in [-0.3, -0.25) is 0 Å². The molecule has 33 heavy (non-hydrogen) atoms. The van der Waals surface area contributed by atoms with E-state index in [4.69, 9.17) is 0 Å². The minimum atomic E-state index is -4.13. The van der Waals surface area contributed by atoms with Crippen LogP contribution in [-0.2, 0) is 6.42 Å². The van der Waals surface area contributed by atoms with Crippen LogP contribution in [0.4, 0.5) is 18.9 Å². The monoisotopic (exact) mass is 458 g/mol. The topological polar surface area (TPSA) is 42.2 Å². The maximum Gasteiger partial charge on any atom is 0.389 e. The summed E-state index contributed by atoms with van der Waals surface area (Å²) < 4.78 is 39.4. The van der Waals surface area contributed by atoms with Gasteiger partial charge >= 0.3 is 6.18 Å². The quantitative estimate of drug-likeness (QED) is 0.213. The summed E-state index contributed by atoms with van der Waals surface area (Å²) in [6.45, 7) is 15.8. The molecule has 1 N–H and O–H groups in total. The molecule has 0 spiro atoms. The lowest BCUT2D eigenvalue weighted by Crippen LogP contribution is -2.07. The van der Waals surface area contributed by atoms with Gasteiger partial charge in [-0.1, -0.05) is 25.7 Å². The van der Waals surface area contributed by atoms with Crippen molar-refractivity contribution >= 4 is 11.4 Å². The molecule has 2 rings (SSSR count). The fourth-order valence-corrected chi connectivity index (χ4v) is 3.28. The molecule has 1 aromatic carbocycles. The van der Waals surface area contributed by atoms with Gasteiger partial charge in [0.1, 0.15) is 5.82 Å². The first-order valence-electron chi connectivity index (χ1n) is 11.1. The van der Waals surface area contributed by atoms with E-state index in [-0.39, 0.29) is 6.42 Å². The molecule has 0 fully saturated rings. The van der Waals surface area contributed by atoms with Crippen LogP contribution in [0.3, 0.4) is 0 Å². The second kappa shape index (κ2) is 11.7. The van der Waals surface area contributed by atoms with E-state index in [1.54, 1.807) is 6.33 Å². The molecule has 0 aliphatic carbocycles. The lowest BCUT2D eigenvalue weighted by Gasteiger charge is -2.13. The first-order chi connectivity index (χ1) is 15.5. The van der Waals surface area contributed by atoms with Gasteiger partial charge in [0.15, 0.2) is 0 Å². The number of aliphatic imine (C=N–C) groups is 1. The number of aromatic nitrogens is 2. The Labute approximate surface area is 194 Å². The molecule has 0 radical (unpaired) electrons. The molecule has 178 valence electrons. The summed E-state index contributed by atoms with van der Waals surface area (Å²) in [4.78, 5) is 8.86. The molecule has 0 saturated carbocycles. The largest absolute Gasteiger partial charge is 0.389 e. The average molecular weight is 459 g/mol. The lowest BCUT2D eigenvalue weighted by molar-refractivity contribution is -0.135. The summed E-state index contributed by atoms with van der Waals surface area (Å²) in [5, 5.41) is 3.21. The van der Waals surface area contributed by atoms with Crippen LogP contribution in [0.1, 0.15) is 57.7 Å². The number of nitrogens with zero attached hydrogens (tertiary/aromatic N) is 3. The van der Waals surface area contributed by atoms with Gasteiger partial charge in [0.2, 0.25) is 0 Å². The Hall–Kier alpha value is -3.09. The molecule has 0 unspecified atom stereocenters. The van der Waals surface area contributed by atoms with Crippen molar-refractivity contribution in [3.05, 3.63) is 78.2 Å². The van der Waals surface area contributed by atoms with Gasteiger partial charge < -0.3 is 9.88 Å². The van der Waals surface area contributed by atoms with E-state index >= 15 is 0 Å². The first kappa shape index (κ1) is 26.2. The van der Waals surface area contributed by atoms with Gasteiger partial charge in [-0.05, 0) is 81.9 Å². The zero-order valence-corrected chi connectivity index (χ0v) is 19.9. The average Bonchev–Trinajstić information content (AvgIpc) is 3.16. The zero-order chi connectivity index (χ0) is 24.6. The number of hydrogen-bond donors (Lipinski definition) is 1. The minimum absolute atomic E-state index is 0.0669. The summed E-state index contributed by atoms with van der Waals surface area (Å²) in [5.41, 5.74) is 6.49. The summed E-state index contributed by atoms with van der Waals surface area (Å²) >= 11 is 0. The maximum atomic E-state index is 12.5. The van der Waals surface area contributed by atoms with Crippen LogP contribution < -0.4 is 5.32 Å². The Morgan fingerprint density at radius 3 is 2.52 bits per heavy atom. The van der Waals surface area contributed by atoms with Crippen molar-refractivity contribution in [3.63, 3.8) is 0 Å². The normalized spacial score (nSPS) is 12.7. The van der Waals surface area contributed by atoms with Crippen molar-refractivity contribution < 1.29 is 13.2 Å². The minimum Gasteiger partial charge on any atom is -0.341 e. The highest BCUT2D eigenvalue weighted by Crippen LogP contribution is 2.24. The Kier molecular flexibility index (Phi) is 9.26. The van der Waals surface area contributed by atoms with E-state index in [9.17, 15) is 13.2 Å². The molecule has 0 atom stereocenters. The third kappa shape index (κ3) is 8.75. The highest BCUT2D eigenvalue weighted by Gasteiger charge is 2.25. The van der Waals surface area contributed by atoms with Crippen molar-refractivity contribution in [2.75, 3.05) is 5.32 Å². The molecule has 1 heterocycles. The van der Waals surface area contributed by atoms with Crippen LogP contribution >= 0.6 is 0 Å². The molecular formula is C26H33F3N4. The number of aryl methyl sites for hydroxylation is 2. The fraction of sp³-hybridized carbons (Fsp3) is 0.385.